The fraction of sp³-hybridized carbons (Fsp3) is 0.211. The molecule has 2 heterocycles. The van der Waals surface area contributed by atoms with Gasteiger partial charge < -0.3 is 5.32 Å². The molecule has 1 aliphatic heterocycles. The van der Waals surface area contributed by atoms with E-state index in [0.29, 0.717) is 10.7 Å². The SMILES string of the molecule is C=C1NC(c2ccncc2Cl)=C(c2ccccc2)CC1F.CC. The normalized spacial score (nSPS) is 17.2. The molecule has 2 aromatic rings. The molecular weight excluding hydrogens is 311 g/mol. The lowest BCUT2D eigenvalue weighted by Crippen LogP contribution is -2.26. The maximum atomic E-state index is 14.1. The summed E-state index contributed by atoms with van der Waals surface area (Å²) in [6, 6.07) is 11.6. The fourth-order valence-corrected chi connectivity index (χ4v) is 2.64. The molecule has 23 heavy (non-hydrogen) atoms. The van der Waals surface area contributed by atoms with Crippen molar-refractivity contribution in [1.29, 1.82) is 0 Å². The molecule has 0 spiro atoms. The first kappa shape index (κ1) is 17.2. The molecule has 0 saturated heterocycles. The molecule has 1 aromatic carbocycles. The standard InChI is InChI=1S/C17H14ClFN2.C2H6/c1-11-16(19)9-14(12-5-3-2-4-6-12)17(21-11)13-7-8-20-10-15(13)18;1-2/h2-8,10,16,21H,1,9H2;1-2H3. The lowest BCUT2D eigenvalue weighted by atomic mass is 9.91. The minimum Gasteiger partial charge on any atom is -0.356 e. The molecule has 4 heteroatoms. The Morgan fingerprint density at radius 1 is 1.22 bits per heavy atom. The number of pyridine rings is 1. The van der Waals surface area contributed by atoms with Crippen LogP contribution in [-0.4, -0.2) is 11.2 Å². The highest BCUT2D eigenvalue weighted by Gasteiger charge is 2.26. The number of halogens is 2. The summed E-state index contributed by atoms with van der Waals surface area (Å²) in [4.78, 5) is 3.99. The molecule has 0 saturated carbocycles. The molecule has 0 radical (unpaired) electrons. The third kappa shape index (κ3) is 3.80. The number of alkyl halides is 1. The number of hydrogen-bond donors (Lipinski definition) is 1. The Balaban J connectivity index is 0.000000924. The Bertz CT molecular complexity index is 710. The van der Waals surface area contributed by atoms with E-state index in [-0.39, 0.29) is 6.42 Å². The van der Waals surface area contributed by atoms with Crippen LogP contribution in [0.5, 0.6) is 0 Å². The Morgan fingerprint density at radius 3 is 2.57 bits per heavy atom. The molecule has 1 aromatic heterocycles. The van der Waals surface area contributed by atoms with Gasteiger partial charge in [-0.15, -0.1) is 0 Å². The summed E-state index contributed by atoms with van der Waals surface area (Å²) in [5, 5.41) is 3.60. The molecule has 1 N–H and O–H groups in total. The summed E-state index contributed by atoms with van der Waals surface area (Å²) in [6.07, 6.45) is 2.43. The van der Waals surface area contributed by atoms with Crippen molar-refractivity contribution in [3.05, 3.63) is 77.2 Å². The highest BCUT2D eigenvalue weighted by Crippen LogP contribution is 2.36. The Labute approximate surface area is 141 Å². The molecule has 0 fully saturated rings. The minimum atomic E-state index is -1.11. The van der Waals surface area contributed by atoms with Gasteiger partial charge >= 0.3 is 0 Å². The molecule has 2 nitrogen and oxygen atoms in total. The number of aromatic nitrogens is 1. The first-order valence-electron chi connectivity index (χ1n) is 7.65. The number of benzene rings is 1. The second kappa shape index (κ2) is 7.93. The van der Waals surface area contributed by atoms with Gasteiger partial charge in [-0.25, -0.2) is 4.39 Å². The van der Waals surface area contributed by atoms with Crippen molar-refractivity contribution in [3.63, 3.8) is 0 Å². The van der Waals surface area contributed by atoms with Gasteiger partial charge in [0.15, 0.2) is 0 Å². The maximum absolute atomic E-state index is 14.1. The van der Waals surface area contributed by atoms with Crippen LogP contribution in [0.2, 0.25) is 5.02 Å². The number of nitrogens with one attached hydrogen (secondary N) is 1. The van der Waals surface area contributed by atoms with E-state index >= 15 is 0 Å². The van der Waals surface area contributed by atoms with Crippen molar-refractivity contribution in [2.45, 2.75) is 26.4 Å². The van der Waals surface area contributed by atoms with E-state index < -0.39 is 6.17 Å². The first-order valence-corrected chi connectivity index (χ1v) is 8.03. The van der Waals surface area contributed by atoms with E-state index in [1.165, 1.54) is 0 Å². The zero-order chi connectivity index (χ0) is 16.8. The van der Waals surface area contributed by atoms with E-state index in [4.69, 9.17) is 11.6 Å². The predicted octanol–water partition coefficient (Wildman–Crippen LogP) is 5.47. The van der Waals surface area contributed by atoms with E-state index in [0.717, 1.165) is 22.4 Å². The summed E-state index contributed by atoms with van der Waals surface area (Å²) in [5.74, 6) is 0. The lowest BCUT2D eigenvalue weighted by Gasteiger charge is -2.27. The molecule has 0 aliphatic carbocycles. The topological polar surface area (TPSA) is 24.9 Å². The van der Waals surface area contributed by atoms with Gasteiger partial charge in [0.25, 0.3) is 0 Å². The highest BCUT2D eigenvalue weighted by atomic mass is 35.5. The molecule has 1 atom stereocenters. The van der Waals surface area contributed by atoms with Crippen LogP contribution >= 0.6 is 11.6 Å². The van der Waals surface area contributed by atoms with Gasteiger partial charge in [0.2, 0.25) is 0 Å². The largest absolute Gasteiger partial charge is 0.356 e. The van der Waals surface area contributed by atoms with Crippen LogP contribution in [0.4, 0.5) is 4.39 Å². The highest BCUT2D eigenvalue weighted by molar-refractivity contribution is 6.32. The fourth-order valence-electron chi connectivity index (χ4n) is 2.43. The molecule has 1 unspecified atom stereocenters. The summed E-state index contributed by atoms with van der Waals surface area (Å²) >= 11 is 6.23. The van der Waals surface area contributed by atoms with E-state index in [1.807, 2.05) is 50.2 Å². The second-order valence-corrected chi connectivity index (χ2v) is 5.30. The van der Waals surface area contributed by atoms with Crippen LogP contribution in [0, 0.1) is 0 Å². The van der Waals surface area contributed by atoms with Crippen LogP contribution in [0.25, 0.3) is 11.3 Å². The molecule has 3 rings (SSSR count). The van der Waals surface area contributed by atoms with E-state index in [1.54, 1.807) is 12.4 Å². The average molecular weight is 331 g/mol. The lowest BCUT2D eigenvalue weighted by molar-refractivity contribution is 0.374. The van der Waals surface area contributed by atoms with Crippen molar-refractivity contribution in [2.75, 3.05) is 0 Å². The van der Waals surface area contributed by atoms with Crippen LogP contribution < -0.4 is 5.32 Å². The zero-order valence-electron chi connectivity index (χ0n) is 13.3. The molecule has 0 amide bonds. The van der Waals surface area contributed by atoms with Crippen molar-refractivity contribution >= 4 is 22.9 Å². The van der Waals surface area contributed by atoms with Gasteiger partial charge in [-0.3, -0.25) is 4.98 Å². The number of hydrogen-bond acceptors (Lipinski definition) is 2. The zero-order valence-corrected chi connectivity index (χ0v) is 14.1. The van der Waals surface area contributed by atoms with Crippen LogP contribution in [0.3, 0.4) is 0 Å². The summed E-state index contributed by atoms with van der Waals surface area (Å²) < 4.78 is 14.1. The van der Waals surface area contributed by atoms with Gasteiger partial charge in [-0.1, -0.05) is 62.4 Å². The van der Waals surface area contributed by atoms with Crippen molar-refractivity contribution in [3.8, 4) is 0 Å². The van der Waals surface area contributed by atoms with Crippen molar-refractivity contribution < 1.29 is 4.39 Å². The van der Waals surface area contributed by atoms with Crippen molar-refractivity contribution in [2.24, 2.45) is 0 Å². The third-order valence-corrected chi connectivity index (χ3v) is 3.81. The second-order valence-electron chi connectivity index (χ2n) is 4.90. The van der Waals surface area contributed by atoms with Crippen LogP contribution in [0.1, 0.15) is 31.4 Å². The van der Waals surface area contributed by atoms with Gasteiger partial charge in [0.1, 0.15) is 6.17 Å². The summed E-state index contributed by atoms with van der Waals surface area (Å²) in [5.41, 5.74) is 3.83. The molecule has 120 valence electrons. The number of allylic oxidation sites excluding steroid dienone is 2. The smallest absolute Gasteiger partial charge is 0.143 e. The van der Waals surface area contributed by atoms with Gasteiger partial charge in [0, 0.05) is 30.1 Å². The first-order chi connectivity index (χ1) is 11.2. The number of rotatable bonds is 2. The maximum Gasteiger partial charge on any atom is 0.143 e. The Hall–Kier alpha value is -2.13. The molecular formula is C19H20ClFN2. The van der Waals surface area contributed by atoms with Gasteiger partial charge in [0.05, 0.1) is 10.7 Å². The monoisotopic (exact) mass is 330 g/mol. The number of nitrogens with zero attached hydrogens (tertiary/aromatic N) is 1. The van der Waals surface area contributed by atoms with E-state index in [9.17, 15) is 4.39 Å². The Kier molecular flexibility index (Phi) is 5.94. The van der Waals surface area contributed by atoms with Crippen LogP contribution in [-0.2, 0) is 0 Å². The molecule has 1 aliphatic rings. The quantitative estimate of drug-likeness (QED) is 0.789. The summed E-state index contributed by atoms with van der Waals surface area (Å²) in [6.45, 7) is 7.75. The minimum absolute atomic E-state index is 0.282. The van der Waals surface area contributed by atoms with Crippen LogP contribution in [0.15, 0.2) is 61.1 Å². The molecule has 0 bridgehead atoms. The summed E-state index contributed by atoms with van der Waals surface area (Å²) in [7, 11) is 0. The predicted molar refractivity (Wildman–Crippen MR) is 95.6 cm³/mol. The van der Waals surface area contributed by atoms with Gasteiger partial charge in [-0.05, 0) is 17.2 Å². The van der Waals surface area contributed by atoms with Crippen molar-refractivity contribution in [1.82, 2.24) is 10.3 Å². The Morgan fingerprint density at radius 2 is 1.91 bits per heavy atom. The third-order valence-electron chi connectivity index (χ3n) is 3.51. The van der Waals surface area contributed by atoms with Gasteiger partial charge in [-0.2, -0.15) is 0 Å². The average Bonchev–Trinajstić information content (AvgIpc) is 2.60. The van der Waals surface area contributed by atoms with E-state index in [2.05, 4.69) is 16.9 Å².